The molecule has 0 bridgehead atoms. The van der Waals surface area contributed by atoms with Gasteiger partial charge in [0.25, 0.3) is 0 Å². The van der Waals surface area contributed by atoms with Gasteiger partial charge in [-0.2, -0.15) is 0 Å². The topological polar surface area (TPSA) is 66.0 Å². The standard InChI is InChI=1S/C14H17FN4OS/c15-11-1-3-12(4-2-11)19-13(7-16)17-18-14(19)21-9-10-5-6-20-8-10/h1-4,10H,5-9,16H2/t10-/m0/s1. The highest BCUT2D eigenvalue weighted by atomic mass is 32.2. The Kier molecular flexibility index (Phi) is 4.52. The monoisotopic (exact) mass is 308 g/mol. The Hall–Kier alpha value is -1.44. The van der Waals surface area contributed by atoms with Gasteiger partial charge in [0.1, 0.15) is 5.82 Å². The van der Waals surface area contributed by atoms with E-state index in [0.29, 0.717) is 11.7 Å². The van der Waals surface area contributed by atoms with E-state index in [1.165, 1.54) is 12.1 Å². The Morgan fingerprint density at radius 2 is 2.14 bits per heavy atom. The van der Waals surface area contributed by atoms with Crippen molar-refractivity contribution < 1.29 is 9.13 Å². The molecule has 0 spiro atoms. The molecule has 1 saturated heterocycles. The zero-order valence-electron chi connectivity index (χ0n) is 11.5. The van der Waals surface area contributed by atoms with Crippen LogP contribution in [0.25, 0.3) is 5.69 Å². The first-order valence-electron chi connectivity index (χ1n) is 6.89. The van der Waals surface area contributed by atoms with Crippen LogP contribution in [0.2, 0.25) is 0 Å². The Morgan fingerprint density at radius 3 is 2.81 bits per heavy atom. The molecule has 1 aromatic carbocycles. The molecule has 0 radical (unpaired) electrons. The minimum atomic E-state index is -0.265. The van der Waals surface area contributed by atoms with E-state index in [0.717, 1.165) is 36.2 Å². The second-order valence-corrected chi connectivity index (χ2v) is 5.94. The van der Waals surface area contributed by atoms with E-state index in [4.69, 9.17) is 10.5 Å². The van der Waals surface area contributed by atoms with E-state index < -0.39 is 0 Å². The highest BCUT2D eigenvalue weighted by molar-refractivity contribution is 7.99. The third-order valence-electron chi connectivity index (χ3n) is 3.44. The van der Waals surface area contributed by atoms with Gasteiger partial charge in [-0.05, 0) is 36.6 Å². The molecule has 0 unspecified atom stereocenters. The Labute approximate surface area is 126 Å². The van der Waals surface area contributed by atoms with E-state index in [-0.39, 0.29) is 12.4 Å². The van der Waals surface area contributed by atoms with Crippen LogP contribution in [0.3, 0.4) is 0 Å². The molecule has 2 heterocycles. The first-order chi connectivity index (χ1) is 10.3. The minimum Gasteiger partial charge on any atom is -0.381 e. The molecule has 1 fully saturated rings. The number of nitrogens with two attached hydrogens (primary N) is 1. The number of aromatic nitrogens is 3. The summed E-state index contributed by atoms with van der Waals surface area (Å²) in [5, 5.41) is 9.11. The van der Waals surface area contributed by atoms with Crippen molar-refractivity contribution in [3.63, 3.8) is 0 Å². The van der Waals surface area contributed by atoms with Gasteiger partial charge in [0, 0.05) is 18.0 Å². The van der Waals surface area contributed by atoms with Crippen LogP contribution in [0.15, 0.2) is 29.4 Å². The Bertz CT molecular complexity index is 596. The Balaban J connectivity index is 1.83. The molecule has 1 aliphatic heterocycles. The second kappa shape index (κ2) is 6.55. The van der Waals surface area contributed by atoms with Crippen LogP contribution < -0.4 is 5.73 Å². The van der Waals surface area contributed by atoms with E-state index in [9.17, 15) is 4.39 Å². The average Bonchev–Trinajstić information content (AvgIpc) is 3.15. The largest absolute Gasteiger partial charge is 0.381 e. The Morgan fingerprint density at radius 1 is 1.33 bits per heavy atom. The summed E-state index contributed by atoms with van der Waals surface area (Å²) in [6, 6.07) is 6.27. The zero-order chi connectivity index (χ0) is 14.7. The van der Waals surface area contributed by atoms with Crippen molar-refractivity contribution in [2.45, 2.75) is 18.1 Å². The molecule has 5 nitrogen and oxygen atoms in total. The maximum absolute atomic E-state index is 13.1. The fourth-order valence-corrected chi connectivity index (χ4v) is 3.37. The van der Waals surface area contributed by atoms with E-state index in [1.807, 2.05) is 4.57 Å². The van der Waals surface area contributed by atoms with Crippen LogP contribution in [0.5, 0.6) is 0 Å². The van der Waals surface area contributed by atoms with Crippen molar-refractivity contribution in [1.29, 1.82) is 0 Å². The normalized spacial score (nSPS) is 18.3. The van der Waals surface area contributed by atoms with Crippen LogP contribution in [0.4, 0.5) is 4.39 Å². The molecular formula is C14H17FN4OS. The van der Waals surface area contributed by atoms with E-state index in [2.05, 4.69) is 10.2 Å². The lowest BCUT2D eigenvalue weighted by molar-refractivity contribution is 0.189. The van der Waals surface area contributed by atoms with Gasteiger partial charge in [0.2, 0.25) is 0 Å². The van der Waals surface area contributed by atoms with Crippen LogP contribution in [-0.4, -0.2) is 33.7 Å². The molecule has 21 heavy (non-hydrogen) atoms. The van der Waals surface area contributed by atoms with Crippen LogP contribution in [0.1, 0.15) is 12.2 Å². The number of ether oxygens (including phenoxy) is 1. The van der Waals surface area contributed by atoms with Gasteiger partial charge in [0.15, 0.2) is 11.0 Å². The molecule has 0 saturated carbocycles. The lowest BCUT2D eigenvalue weighted by Crippen LogP contribution is -2.09. The first-order valence-corrected chi connectivity index (χ1v) is 7.87. The molecule has 112 valence electrons. The number of rotatable bonds is 5. The van der Waals surface area contributed by atoms with Gasteiger partial charge in [-0.25, -0.2) is 4.39 Å². The summed E-state index contributed by atoms with van der Waals surface area (Å²) in [5.74, 6) is 1.89. The average molecular weight is 308 g/mol. The van der Waals surface area contributed by atoms with Crippen molar-refractivity contribution in [3.8, 4) is 5.69 Å². The summed E-state index contributed by atoms with van der Waals surface area (Å²) in [4.78, 5) is 0. The SMILES string of the molecule is NCc1nnc(SC[C@H]2CCOC2)n1-c1ccc(F)cc1. The summed E-state index contributed by atoms with van der Waals surface area (Å²) in [7, 11) is 0. The third kappa shape index (κ3) is 3.25. The summed E-state index contributed by atoms with van der Waals surface area (Å²) in [5.41, 5.74) is 6.55. The van der Waals surface area contributed by atoms with Crippen molar-refractivity contribution in [2.75, 3.05) is 19.0 Å². The molecule has 0 aliphatic carbocycles. The highest BCUT2D eigenvalue weighted by Crippen LogP contribution is 2.26. The van der Waals surface area contributed by atoms with Crippen LogP contribution in [-0.2, 0) is 11.3 Å². The lowest BCUT2D eigenvalue weighted by atomic mass is 10.2. The zero-order valence-corrected chi connectivity index (χ0v) is 12.4. The predicted molar refractivity (Wildman–Crippen MR) is 78.9 cm³/mol. The fraction of sp³-hybridized carbons (Fsp3) is 0.429. The quantitative estimate of drug-likeness (QED) is 0.856. The van der Waals surface area contributed by atoms with Gasteiger partial charge < -0.3 is 10.5 Å². The number of benzene rings is 1. The summed E-state index contributed by atoms with van der Waals surface area (Å²) >= 11 is 1.64. The number of thioether (sulfide) groups is 1. The minimum absolute atomic E-state index is 0.265. The maximum Gasteiger partial charge on any atom is 0.195 e. The lowest BCUT2D eigenvalue weighted by Gasteiger charge is -2.10. The van der Waals surface area contributed by atoms with Crippen molar-refractivity contribution in [1.82, 2.24) is 14.8 Å². The van der Waals surface area contributed by atoms with Crippen molar-refractivity contribution >= 4 is 11.8 Å². The third-order valence-corrected chi connectivity index (χ3v) is 4.60. The molecule has 7 heteroatoms. The van der Waals surface area contributed by atoms with Crippen LogP contribution in [0, 0.1) is 11.7 Å². The fourth-order valence-electron chi connectivity index (χ4n) is 2.28. The molecule has 3 rings (SSSR count). The number of halogens is 1. The molecule has 1 atom stereocenters. The second-order valence-electron chi connectivity index (χ2n) is 4.96. The first kappa shape index (κ1) is 14.5. The smallest absolute Gasteiger partial charge is 0.195 e. The van der Waals surface area contributed by atoms with Crippen molar-refractivity contribution in [2.24, 2.45) is 11.7 Å². The number of hydrogen-bond acceptors (Lipinski definition) is 5. The van der Waals surface area contributed by atoms with Gasteiger partial charge in [-0.3, -0.25) is 4.57 Å². The van der Waals surface area contributed by atoms with Gasteiger partial charge in [-0.1, -0.05) is 11.8 Å². The molecule has 0 amide bonds. The summed E-state index contributed by atoms with van der Waals surface area (Å²) in [6.45, 7) is 1.93. The summed E-state index contributed by atoms with van der Waals surface area (Å²) in [6.07, 6.45) is 1.08. The number of hydrogen-bond donors (Lipinski definition) is 1. The maximum atomic E-state index is 13.1. The molecule has 1 aromatic heterocycles. The van der Waals surface area contributed by atoms with E-state index >= 15 is 0 Å². The number of nitrogens with zero attached hydrogens (tertiary/aromatic N) is 3. The predicted octanol–water partition coefficient (Wildman–Crippen LogP) is 1.99. The van der Waals surface area contributed by atoms with Crippen molar-refractivity contribution in [3.05, 3.63) is 35.9 Å². The molecule has 1 aliphatic rings. The van der Waals surface area contributed by atoms with Crippen LogP contribution >= 0.6 is 11.8 Å². The van der Waals surface area contributed by atoms with Gasteiger partial charge >= 0.3 is 0 Å². The molecule has 2 aromatic rings. The highest BCUT2D eigenvalue weighted by Gasteiger charge is 2.19. The molecule has 2 N–H and O–H groups in total. The molecular weight excluding hydrogens is 291 g/mol. The van der Waals surface area contributed by atoms with Gasteiger partial charge in [-0.15, -0.1) is 10.2 Å². The summed E-state index contributed by atoms with van der Waals surface area (Å²) < 4.78 is 20.4. The van der Waals surface area contributed by atoms with Gasteiger partial charge in [0.05, 0.1) is 13.2 Å². The van der Waals surface area contributed by atoms with E-state index in [1.54, 1.807) is 23.9 Å².